The van der Waals surface area contributed by atoms with Crippen molar-refractivity contribution in [2.75, 3.05) is 38.2 Å². The highest BCUT2D eigenvalue weighted by atomic mass is 16.5. The Kier molecular flexibility index (Phi) is 3.83. The third-order valence-corrected chi connectivity index (χ3v) is 3.43. The predicted octanol–water partition coefficient (Wildman–Crippen LogP) is 0.814. The molecular weight excluding hydrogens is 254 g/mol. The van der Waals surface area contributed by atoms with Crippen molar-refractivity contribution >= 4 is 5.95 Å². The quantitative estimate of drug-likeness (QED) is 0.863. The van der Waals surface area contributed by atoms with Crippen LogP contribution in [0.1, 0.15) is 11.4 Å². The van der Waals surface area contributed by atoms with E-state index in [4.69, 9.17) is 4.74 Å². The van der Waals surface area contributed by atoms with Crippen LogP contribution < -0.4 is 15.0 Å². The van der Waals surface area contributed by atoms with E-state index in [1.165, 1.54) is 0 Å². The average Bonchev–Trinajstić information content (AvgIpc) is 2.97. The van der Waals surface area contributed by atoms with Crippen molar-refractivity contribution in [1.82, 2.24) is 20.5 Å². The second kappa shape index (κ2) is 5.92. The van der Waals surface area contributed by atoms with Crippen molar-refractivity contribution < 1.29 is 4.74 Å². The first-order valence-corrected chi connectivity index (χ1v) is 6.85. The molecular formula is C14H19N5O. The Balaban J connectivity index is 1.70. The number of hydrogen-bond donors (Lipinski definition) is 2. The van der Waals surface area contributed by atoms with Crippen LogP contribution >= 0.6 is 0 Å². The maximum atomic E-state index is 5.23. The molecule has 0 spiro atoms. The van der Waals surface area contributed by atoms with Crippen LogP contribution in [0.25, 0.3) is 0 Å². The largest absolute Gasteiger partial charge is 0.497 e. The van der Waals surface area contributed by atoms with Crippen molar-refractivity contribution in [2.45, 2.75) is 6.42 Å². The smallest absolute Gasteiger partial charge is 0.244 e. The number of hydrogen-bond acceptors (Lipinski definition) is 5. The molecule has 1 saturated heterocycles. The minimum absolute atomic E-state index is 0.732. The summed E-state index contributed by atoms with van der Waals surface area (Å²) in [6.45, 7) is 3.88. The van der Waals surface area contributed by atoms with Crippen LogP contribution in [0.2, 0.25) is 0 Å². The zero-order valence-electron chi connectivity index (χ0n) is 11.6. The molecule has 0 atom stereocenters. The Morgan fingerprint density at radius 3 is 2.95 bits per heavy atom. The fourth-order valence-electron chi connectivity index (χ4n) is 2.35. The molecule has 2 N–H and O–H groups in total. The van der Waals surface area contributed by atoms with Crippen molar-refractivity contribution in [2.24, 2.45) is 0 Å². The van der Waals surface area contributed by atoms with Crippen molar-refractivity contribution in [3.05, 3.63) is 35.7 Å². The minimum Gasteiger partial charge on any atom is -0.497 e. The lowest BCUT2D eigenvalue weighted by Crippen LogP contribution is -2.44. The molecule has 1 aliphatic rings. The molecule has 1 fully saturated rings. The average molecular weight is 273 g/mol. The summed E-state index contributed by atoms with van der Waals surface area (Å²) in [5.41, 5.74) is 1.16. The van der Waals surface area contributed by atoms with Gasteiger partial charge in [0.15, 0.2) is 0 Å². The Bertz CT molecular complexity index is 562. The van der Waals surface area contributed by atoms with E-state index in [0.29, 0.717) is 0 Å². The van der Waals surface area contributed by atoms with Gasteiger partial charge in [-0.25, -0.2) is 0 Å². The highest BCUT2D eigenvalue weighted by Crippen LogP contribution is 2.16. The Labute approximate surface area is 118 Å². The third kappa shape index (κ3) is 2.91. The number of nitrogens with zero attached hydrogens (tertiary/aromatic N) is 3. The van der Waals surface area contributed by atoms with E-state index >= 15 is 0 Å². The van der Waals surface area contributed by atoms with Gasteiger partial charge in [0.1, 0.15) is 11.6 Å². The number of nitrogens with one attached hydrogen (secondary N) is 2. The SMILES string of the molecule is COc1cccc(Cc2nc(N3CCNCC3)n[nH]2)c1. The molecule has 1 aromatic heterocycles. The first-order chi connectivity index (χ1) is 9.85. The van der Waals surface area contributed by atoms with E-state index in [2.05, 4.69) is 31.5 Å². The molecule has 1 aliphatic heterocycles. The molecule has 0 unspecified atom stereocenters. The summed E-state index contributed by atoms with van der Waals surface area (Å²) in [5, 5.41) is 10.7. The van der Waals surface area contributed by atoms with Crippen LogP contribution in [-0.4, -0.2) is 48.5 Å². The molecule has 0 radical (unpaired) electrons. The number of aromatic nitrogens is 3. The van der Waals surface area contributed by atoms with Gasteiger partial charge in [0, 0.05) is 32.6 Å². The summed E-state index contributed by atoms with van der Waals surface area (Å²) in [4.78, 5) is 6.77. The summed E-state index contributed by atoms with van der Waals surface area (Å²) in [7, 11) is 1.68. The van der Waals surface area contributed by atoms with E-state index in [1.54, 1.807) is 7.11 Å². The molecule has 2 heterocycles. The first kappa shape index (κ1) is 12.9. The van der Waals surface area contributed by atoms with Crippen molar-refractivity contribution in [3.63, 3.8) is 0 Å². The zero-order chi connectivity index (χ0) is 13.8. The van der Waals surface area contributed by atoms with Gasteiger partial charge in [-0.3, -0.25) is 5.10 Å². The number of benzene rings is 1. The molecule has 0 amide bonds. The molecule has 0 bridgehead atoms. The Morgan fingerprint density at radius 1 is 1.30 bits per heavy atom. The monoisotopic (exact) mass is 273 g/mol. The maximum Gasteiger partial charge on any atom is 0.244 e. The summed E-state index contributed by atoms with van der Waals surface area (Å²) < 4.78 is 5.23. The van der Waals surface area contributed by atoms with E-state index in [9.17, 15) is 0 Å². The van der Waals surface area contributed by atoms with Crippen LogP contribution in [0.4, 0.5) is 5.95 Å². The molecule has 1 aromatic carbocycles. The van der Waals surface area contributed by atoms with Gasteiger partial charge in [0.25, 0.3) is 0 Å². The van der Waals surface area contributed by atoms with Crippen molar-refractivity contribution in [1.29, 1.82) is 0 Å². The number of piperazine rings is 1. The van der Waals surface area contributed by atoms with Gasteiger partial charge in [-0.2, -0.15) is 4.98 Å². The van der Waals surface area contributed by atoms with Gasteiger partial charge < -0.3 is 15.0 Å². The highest BCUT2D eigenvalue weighted by molar-refractivity contribution is 5.33. The standard InChI is InChI=1S/C14H19N5O/c1-20-12-4-2-3-11(9-12)10-13-16-14(18-17-13)19-7-5-15-6-8-19/h2-4,9,15H,5-8,10H2,1H3,(H,16,17,18). The van der Waals surface area contributed by atoms with E-state index in [0.717, 1.165) is 55.7 Å². The van der Waals surface area contributed by atoms with Crippen LogP contribution in [0.3, 0.4) is 0 Å². The van der Waals surface area contributed by atoms with Crippen LogP contribution in [0.5, 0.6) is 5.75 Å². The van der Waals surface area contributed by atoms with Crippen molar-refractivity contribution in [3.8, 4) is 5.75 Å². The minimum atomic E-state index is 0.732. The summed E-state index contributed by atoms with van der Waals surface area (Å²) in [6.07, 6.45) is 0.732. The van der Waals surface area contributed by atoms with Crippen LogP contribution in [0.15, 0.2) is 24.3 Å². The number of ether oxygens (including phenoxy) is 1. The fraction of sp³-hybridized carbons (Fsp3) is 0.429. The molecule has 20 heavy (non-hydrogen) atoms. The summed E-state index contributed by atoms with van der Waals surface area (Å²) >= 11 is 0. The normalized spacial score (nSPS) is 15.3. The lowest BCUT2D eigenvalue weighted by molar-refractivity contribution is 0.414. The number of H-pyrrole nitrogens is 1. The number of anilines is 1. The lowest BCUT2D eigenvalue weighted by atomic mass is 10.1. The molecule has 2 aromatic rings. The Hall–Kier alpha value is -2.08. The van der Waals surface area contributed by atoms with Gasteiger partial charge >= 0.3 is 0 Å². The molecule has 6 heteroatoms. The molecule has 0 aliphatic carbocycles. The van der Waals surface area contributed by atoms with E-state index in [1.807, 2.05) is 18.2 Å². The maximum absolute atomic E-state index is 5.23. The summed E-state index contributed by atoms with van der Waals surface area (Å²) in [5.74, 6) is 2.54. The van der Waals surface area contributed by atoms with Gasteiger partial charge in [-0.1, -0.05) is 12.1 Å². The fourth-order valence-corrected chi connectivity index (χ4v) is 2.35. The number of rotatable bonds is 4. The van der Waals surface area contributed by atoms with Gasteiger partial charge in [0.05, 0.1) is 7.11 Å². The topological polar surface area (TPSA) is 66.1 Å². The second-order valence-corrected chi connectivity index (χ2v) is 4.85. The number of methoxy groups -OCH3 is 1. The third-order valence-electron chi connectivity index (χ3n) is 3.43. The highest BCUT2D eigenvalue weighted by Gasteiger charge is 2.15. The van der Waals surface area contributed by atoms with Crippen LogP contribution in [0, 0.1) is 0 Å². The van der Waals surface area contributed by atoms with E-state index in [-0.39, 0.29) is 0 Å². The zero-order valence-corrected chi connectivity index (χ0v) is 11.6. The first-order valence-electron chi connectivity index (χ1n) is 6.85. The molecule has 0 saturated carbocycles. The summed E-state index contributed by atoms with van der Waals surface area (Å²) in [6, 6.07) is 8.01. The number of aromatic amines is 1. The van der Waals surface area contributed by atoms with Gasteiger partial charge in [-0.05, 0) is 17.7 Å². The van der Waals surface area contributed by atoms with E-state index < -0.39 is 0 Å². The molecule has 106 valence electrons. The van der Waals surface area contributed by atoms with Gasteiger partial charge in [-0.15, -0.1) is 5.10 Å². The van der Waals surface area contributed by atoms with Gasteiger partial charge in [0.2, 0.25) is 5.95 Å². The Morgan fingerprint density at radius 2 is 2.15 bits per heavy atom. The molecule has 6 nitrogen and oxygen atoms in total. The van der Waals surface area contributed by atoms with Crippen LogP contribution in [-0.2, 0) is 6.42 Å². The molecule has 3 rings (SSSR count). The predicted molar refractivity (Wildman–Crippen MR) is 77.3 cm³/mol. The second-order valence-electron chi connectivity index (χ2n) is 4.85. The lowest BCUT2D eigenvalue weighted by Gasteiger charge is -2.25.